The van der Waals surface area contributed by atoms with E-state index in [2.05, 4.69) is 25.1 Å². The quantitative estimate of drug-likeness (QED) is 0.908. The monoisotopic (exact) mass is 307 g/mol. The lowest BCUT2D eigenvalue weighted by Gasteiger charge is -2.30. The average Bonchev–Trinajstić information content (AvgIpc) is 2.47. The van der Waals surface area contributed by atoms with Crippen LogP contribution in [0.1, 0.15) is 24.0 Å². The van der Waals surface area contributed by atoms with Gasteiger partial charge < -0.3 is 10.0 Å². The number of carboxylic acid groups (broad SMARTS) is 1. The number of nitrogens with zero attached hydrogens (tertiary/aromatic N) is 1. The van der Waals surface area contributed by atoms with E-state index in [1.165, 1.54) is 11.1 Å². The molecule has 0 aromatic heterocycles. The summed E-state index contributed by atoms with van der Waals surface area (Å²) in [7, 11) is 0. The number of aryl methyl sites for hydroxylation is 1. The van der Waals surface area contributed by atoms with Crippen molar-refractivity contribution in [2.24, 2.45) is 5.92 Å². The largest absolute Gasteiger partial charge is 0.481 e. The maximum Gasteiger partial charge on any atom is 0.308 e. The zero-order chi connectivity index (χ0) is 15.2. The molecule has 1 aliphatic heterocycles. The minimum Gasteiger partial charge on any atom is -0.481 e. The molecule has 2 rings (SSSR count). The summed E-state index contributed by atoms with van der Waals surface area (Å²) in [6, 6.07) is 8.26. The van der Waals surface area contributed by atoms with Gasteiger partial charge in [-0.3, -0.25) is 9.59 Å². The number of benzene rings is 1. The van der Waals surface area contributed by atoms with Crippen LogP contribution in [0, 0.1) is 12.8 Å². The fraction of sp³-hybridized carbons (Fsp3) is 0.500. The first-order chi connectivity index (χ1) is 10.1. The number of aliphatic carboxylic acids is 1. The Morgan fingerprint density at radius 3 is 2.95 bits per heavy atom. The number of likely N-dealkylation sites (tertiary alicyclic amines) is 1. The van der Waals surface area contributed by atoms with Crippen molar-refractivity contribution in [2.75, 3.05) is 18.8 Å². The zero-order valence-electron chi connectivity index (χ0n) is 12.2. The van der Waals surface area contributed by atoms with E-state index in [-0.39, 0.29) is 5.91 Å². The van der Waals surface area contributed by atoms with Crippen molar-refractivity contribution in [3.8, 4) is 0 Å². The smallest absolute Gasteiger partial charge is 0.308 e. The van der Waals surface area contributed by atoms with Crippen LogP contribution in [0.3, 0.4) is 0 Å². The zero-order valence-corrected chi connectivity index (χ0v) is 13.1. The highest BCUT2D eigenvalue weighted by Crippen LogP contribution is 2.19. The Kier molecular flexibility index (Phi) is 5.67. The Hall–Kier alpha value is -1.49. The Labute approximate surface area is 129 Å². The van der Waals surface area contributed by atoms with E-state index in [1.807, 2.05) is 6.07 Å². The van der Waals surface area contributed by atoms with Gasteiger partial charge in [-0.15, -0.1) is 11.8 Å². The van der Waals surface area contributed by atoms with Crippen LogP contribution in [0.25, 0.3) is 0 Å². The second kappa shape index (κ2) is 7.50. The molecule has 114 valence electrons. The average molecular weight is 307 g/mol. The second-order valence-corrected chi connectivity index (χ2v) is 6.48. The van der Waals surface area contributed by atoms with E-state index in [4.69, 9.17) is 5.11 Å². The molecular weight excluding hydrogens is 286 g/mol. The molecule has 1 amide bonds. The summed E-state index contributed by atoms with van der Waals surface area (Å²) in [5.41, 5.74) is 2.44. The van der Waals surface area contributed by atoms with Crippen LogP contribution >= 0.6 is 11.8 Å². The van der Waals surface area contributed by atoms with Crippen molar-refractivity contribution in [3.05, 3.63) is 35.4 Å². The van der Waals surface area contributed by atoms with E-state index in [1.54, 1.807) is 16.7 Å². The molecule has 0 unspecified atom stereocenters. The molecule has 1 heterocycles. The number of carbonyl (C=O) groups excluding carboxylic acids is 1. The minimum atomic E-state index is -0.792. The molecule has 1 aliphatic rings. The third-order valence-corrected chi connectivity index (χ3v) is 4.69. The van der Waals surface area contributed by atoms with Crippen LogP contribution in [-0.2, 0) is 15.3 Å². The van der Waals surface area contributed by atoms with E-state index < -0.39 is 11.9 Å². The number of rotatable bonds is 5. The number of thioether (sulfide) groups is 1. The predicted molar refractivity (Wildman–Crippen MR) is 84.3 cm³/mol. The maximum atomic E-state index is 12.1. The summed E-state index contributed by atoms with van der Waals surface area (Å²) < 4.78 is 0. The lowest BCUT2D eigenvalue weighted by atomic mass is 9.98. The van der Waals surface area contributed by atoms with Crippen LogP contribution in [-0.4, -0.2) is 40.7 Å². The number of carbonyl (C=O) groups is 2. The molecular formula is C16H21NO3S. The summed E-state index contributed by atoms with van der Waals surface area (Å²) in [6.07, 6.45) is 1.46. The molecule has 1 N–H and O–H groups in total. The molecule has 0 bridgehead atoms. The summed E-state index contributed by atoms with van der Waals surface area (Å²) in [4.78, 5) is 24.8. The molecule has 0 saturated carbocycles. The van der Waals surface area contributed by atoms with Gasteiger partial charge in [-0.2, -0.15) is 0 Å². The fourth-order valence-electron chi connectivity index (χ4n) is 2.55. The summed E-state index contributed by atoms with van der Waals surface area (Å²) >= 11 is 1.59. The van der Waals surface area contributed by atoms with Gasteiger partial charge >= 0.3 is 5.97 Å². The highest BCUT2D eigenvalue weighted by atomic mass is 32.2. The van der Waals surface area contributed by atoms with Crippen molar-refractivity contribution in [1.29, 1.82) is 0 Å². The minimum absolute atomic E-state index is 0.0543. The van der Waals surface area contributed by atoms with Crippen molar-refractivity contribution >= 4 is 23.6 Å². The number of hydrogen-bond acceptors (Lipinski definition) is 3. The van der Waals surface area contributed by atoms with Gasteiger partial charge in [0, 0.05) is 18.8 Å². The van der Waals surface area contributed by atoms with Gasteiger partial charge in [0.15, 0.2) is 0 Å². The Morgan fingerprint density at radius 2 is 2.24 bits per heavy atom. The number of amides is 1. The highest BCUT2D eigenvalue weighted by Gasteiger charge is 2.27. The summed E-state index contributed by atoms with van der Waals surface area (Å²) in [5, 5.41) is 9.05. The van der Waals surface area contributed by atoms with E-state index in [0.717, 1.165) is 12.2 Å². The van der Waals surface area contributed by atoms with Crippen molar-refractivity contribution < 1.29 is 14.7 Å². The topological polar surface area (TPSA) is 57.6 Å². The summed E-state index contributed by atoms with van der Waals surface area (Å²) in [6.45, 7) is 3.10. The molecule has 21 heavy (non-hydrogen) atoms. The van der Waals surface area contributed by atoms with Crippen molar-refractivity contribution in [3.63, 3.8) is 0 Å². The molecule has 0 spiro atoms. The third-order valence-electron chi connectivity index (χ3n) is 3.70. The lowest BCUT2D eigenvalue weighted by molar-refractivity contribution is -0.145. The lowest BCUT2D eigenvalue weighted by Crippen LogP contribution is -2.43. The molecule has 1 fully saturated rings. The second-order valence-electron chi connectivity index (χ2n) is 5.50. The van der Waals surface area contributed by atoms with Crippen LogP contribution in [0.5, 0.6) is 0 Å². The van der Waals surface area contributed by atoms with Gasteiger partial charge in [0.25, 0.3) is 0 Å². The third kappa shape index (κ3) is 4.77. The molecule has 1 aromatic rings. The van der Waals surface area contributed by atoms with Crippen LogP contribution in [0.15, 0.2) is 24.3 Å². The van der Waals surface area contributed by atoms with Gasteiger partial charge in [0.05, 0.1) is 11.7 Å². The first kappa shape index (κ1) is 15.9. The Morgan fingerprint density at radius 1 is 1.43 bits per heavy atom. The molecule has 1 saturated heterocycles. The molecule has 1 aromatic carbocycles. The summed E-state index contributed by atoms with van der Waals surface area (Å²) in [5.74, 6) is 0.0900. The SMILES string of the molecule is Cc1cccc(CSCC(=O)N2CCC[C@H](C(=O)O)C2)c1. The Bertz CT molecular complexity index is 518. The Balaban J connectivity index is 1.78. The van der Waals surface area contributed by atoms with Crippen LogP contribution < -0.4 is 0 Å². The maximum absolute atomic E-state index is 12.1. The van der Waals surface area contributed by atoms with Gasteiger partial charge in [-0.05, 0) is 25.3 Å². The predicted octanol–water partition coefficient (Wildman–Crippen LogP) is 2.55. The van der Waals surface area contributed by atoms with Crippen LogP contribution in [0.4, 0.5) is 0 Å². The van der Waals surface area contributed by atoms with Crippen molar-refractivity contribution in [2.45, 2.75) is 25.5 Å². The molecule has 1 atom stereocenters. The molecule has 0 radical (unpaired) electrons. The van der Waals surface area contributed by atoms with Crippen molar-refractivity contribution in [1.82, 2.24) is 4.90 Å². The highest BCUT2D eigenvalue weighted by molar-refractivity contribution is 7.99. The van der Waals surface area contributed by atoms with E-state index >= 15 is 0 Å². The standard InChI is InChI=1S/C16H21NO3S/c1-12-4-2-5-13(8-12)10-21-11-15(18)17-7-3-6-14(9-17)16(19)20/h2,4-5,8,14H,3,6-7,9-11H2,1H3,(H,19,20)/t14-/m0/s1. The molecule has 5 heteroatoms. The van der Waals surface area contributed by atoms with Gasteiger partial charge in [0.2, 0.25) is 5.91 Å². The van der Waals surface area contributed by atoms with E-state index in [0.29, 0.717) is 25.3 Å². The van der Waals surface area contributed by atoms with Gasteiger partial charge in [-0.25, -0.2) is 0 Å². The van der Waals surface area contributed by atoms with E-state index in [9.17, 15) is 9.59 Å². The molecule has 0 aliphatic carbocycles. The fourth-order valence-corrected chi connectivity index (χ4v) is 3.43. The first-order valence-corrected chi connectivity index (χ1v) is 8.35. The number of piperidine rings is 1. The normalized spacial score (nSPS) is 18.5. The van der Waals surface area contributed by atoms with Gasteiger partial charge in [-0.1, -0.05) is 29.8 Å². The molecule has 4 nitrogen and oxygen atoms in total. The number of hydrogen-bond donors (Lipinski definition) is 1. The first-order valence-electron chi connectivity index (χ1n) is 7.20. The van der Waals surface area contributed by atoms with Gasteiger partial charge in [0.1, 0.15) is 0 Å². The van der Waals surface area contributed by atoms with Crippen LogP contribution in [0.2, 0.25) is 0 Å². The number of carboxylic acids is 1.